The average Bonchev–Trinajstić information content (AvgIpc) is 3.13. The third-order valence-corrected chi connectivity index (χ3v) is 3.65. The molecule has 0 saturated carbocycles. The van der Waals surface area contributed by atoms with E-state index in [2.05, 4.69) is 26.2 Å². The molecule has 0 amide bonds. The zero-order valence-electron chi connectivity index (χ0n) is 13.9. The number of nitriles is 1. The Bertz CT molecular complexity index is 945. The Balaban J connectivity index is 1.65. The van der Waals surface area contributed by atoms with Crippen LogP contribution in [0.4, 0.5) is 24.8 Å². The SMILES string of the molecule is N#Cc1ccc(C(F)(F)F)c(NCCNc2nnnn2-c2ccccc2)c1. The minimum absolute atomic E-state index is 0.145. The molecule has 0 radical (unpaired) electrons. The van der Waals surface area contributed by atoms with Crippen LogP contribution < -0.4 is 10.6 Å². The lowest BCUT2D eigenvalue weighted by molar-refractivity contribution is -0.136. The van der Waals surface area contributed by atoms with Gasteiger partial charge in [0.2, 0.25) is 5.95 Å². The molecule has 10 heteroatoms. The Morgan fingerprint density at radius 1 is 1.04 bits per heavy atom. The normalized spacial score (nSPS) is 11.0. The number of hydrogen-bond acceptors (Lipinski definition) is 6. The zero-order valence-corrected chi connectivity index (χ0v) is 13.9. The van der Waals surface area contributed by atoms with Crippen LogP contribution in [0.5, 0.6) is 0 Å². The van der Waals surface area contributed by atoms with Crippen molar-refractivity contribution in [2.24, 2.45) is 0 Å². The molecule has 2 aromatic carbocycles. The van der Waals surface area contributed by atoms with Crippen LogP contribution in [-0.4, -0.2) is 33.3 Å². The predicted molar refractivity (Wildman–Crippen MR) is 92.3 cm³/mol. The van der Waals surface area contributed by atoms with Gasteiger partial charge >= 0.3 is 6.18 Å². The maximum absolute atomic E-state index is 13.1. The Morgan fingerprint density at radius 3 is 2.48 bits per heavy atom. The van der Waals surface area contributed by atoms with Crippen LogP contribution in [0.1, 0.15) is 11.1 Å². The van der Waals surface area contributed by atoms with Crippen molar-refractivity contribution in [2.75, 3.05) is 23.7 Å². The van der Waals surface area contributed by atoms with Gasteiger partial charge in [-0.2, -0.15) is 23.1 Å². The smallest absolute Gasteiger partial charge is 0.383 e. The molecule has 0 aliphatic carbocycles. The van der Waals surface area contributed by atoms with Crippen molar-refractivity contribution in [3.8, 4) is 11.8 Å². The van der Waals surface area contributed by atoms with Gasteiger partial charge in [-0.15, -0.1) is 0 Å². The zero-order chi connectivity index (χ0) is 19.3. The quantitative estimate of drug-likeness (QED) is 0.645. The number of anilines is 2. The van der Waals surface area contributed by atoms with Crippen molar-refractivity contribution < 1.29 is 13.2 Å². The van der Waals surface area contributed by atoms with Crippen LogP contribution >= 0.6 is 0 Å². The van der Waals surface area contributed by atoms with Gasteiger partial charge in [0.1, 0.15) is 0 Å². The topological polar surface area (TPSA) is 91.4 Å². The number of hydrogen-bond donors (Lipinski definition) is 2. The molecule has 0 bridgehead atoms. The van der Waals surface area contributed by atoms with Gasteiger partial charge in [-0.3, -0.25) is 0 Å². The number of nitrogens with one attached hydrogen (secondary N) is 2. The number of nitrogens with zero attached hydrogens (tertiary/aromatic N) is 5. The summed E-state index contributed by atoms with van der Waals surface area (Å²) in [6, 6.07) is 14.2. The first-order chi connectivity index (χ1) is 13.0. The van der Waals surface area contributed by atoms with Gasteiger partial charge in [-0.1, -0.05) is 23.3 Å². The Morgan fingerprint density at radius 2 is 1.78 bits per heavy atom. The van der Waals surface area contributed by atoms with Gasteiger partial charge in [0.05, 0.1) is 22.9 Å². The molecule has 1 heterocycles. The summed E-state index contributed by atoms with van der Waals surface area (Å²) in [7, 11) is 0. The third-order valence-electron chi connectivity index (χ3n) is 3.65. The fourth-order valence-corrected chi connectivity index (χ4v) is 2.42. The average molecular weight is 373 g/mol. The molecular formula is C17H14F3N7. The van der Waals surface area contributed by atoms with E-state index in [-0.39, 0.29) is 24.3 Å². The van der Waals surface area contributed by atoms with Crippen LogP contribution in [0.25, 0.3) is 5.69 Å². The number of benzene rings is 2. The molecular weight excluding hydrogens is 359 g/mol. The summed E-state index contributed by atoms with van der Waals surface area (Å²) in [5.41, 5.74) is -0.0767. The molecule has 7 nitrogen and oxygen atoms in total. The minimum atomic E-state index is -4.51. The van der Waals surface area contributed by atoms with Gasteiger partial charge in [0, 0.05) is 18.8 Å². The highest BCUT2D eigenvalue weighted by Crippen LogP contribution is 2.35. The van der Waals surface area contributed by atoms with E-state index in [9.17, 15) is 13.2 Å². The lowest BCUT2D eigenvalue weighted by Gasteiger charge is -2.15. The van der Waals surface area contributed by atoms with Gasteiger partial charge in [0.25, 0.3) is 0 Å². The van der Waals surface area contributed by atoms with E-state index in [1.807, 2.05) is 36.4 Å². The van der Waals surface area contributed by atoms with Crippen molar-refractivity contribution in [2.45, 2.75) is 6.18 Å². The van der Waals surface area contributed by atoms with Gasteiger partial charge in [0.15, 0.2) is 0 Å². The largest absolute Gasteiger partial charge is 0.418 e. The van der Waals surface area contributed by atoms with Crippen molar-refractivity contribution in [3.63, 3.8) is 0 Å². The molecule has 138 valence electrons. The second-order valence-electron chi connectivity index (χ2n) is 5.47. The van der Waals surface area contributed by atoms with Crippen LogP contribution in [-0.2, 0) is 6.18 Å². The Hall–Kier alpha value is -3.61. The maximum Gasteiger partial charge on any atom is 0.418 e. The van der Waals surface area contributed by atoms with Crippen LogP contribution in [0, 0.1) is 11.3 Å². The predicted octanol–water partition coefficient (Wildman–Crippen LogP) is 3.08. The highest BCUT2D eigenvalue weighted by Gasteiger charge is 2.33. The molecule has 0 fully saturated rings. The second-order valence-corrected chi connectivity index (χ2v) is 5.47. The molecule has 0 atom stereocenters. The van der Waals surface area contributed by atoms with E-state index in [0.29, 0.717) is 5.95 Å². The van der Waals surface area contributed by atoms with E-state index in [4.69, 9.17) is 5.26 Å². The van der Waals surface area contributed by atoms with Gasteiger partial charge in [-0.05, 0) is 40.8 Å². The first-order valence-corrected chi connectivity index (χ1v) is 7.92. The number of aromatic nitrogens is 4. The summed E-state index contributed by atoms with van der Waals surface area (Å²) in [5.74, 6) is 0.366. The van der Waals surface area contributed by atoms with E-state index in [0.717, 1.165) is 17.8 Å². The molecule has 0 aliphatic heterocycles. The van der Waals surface area contributed by atoms with Crippen molar-refractivity contribution in [1.82, 2.24) is 20.2 Å². The summed E-state index contributed by atoms with van der Waals surface area (Å²) in [4.78, 5) is 0. The molecule has 3 rings (SSSR count). The van der Waals surface area contributed by atoms with E-state index in [1.165, 1.54) is 10.7 Å². The summed E-state index contributed by atoms with van der Waals surface area (Å²) >= 11 is 0. The van der Waals surface area contributed by atoms with Crippen LogP contribution in [0.15, 0.2) is 48.5 Å². The summed E-state index contributed by atoms with van der Waals surface area (Å²) in [6.45, 7) is 0.431. The monoisotopic (exact) mass is 373 g/mol. The van der Waals surface area contributed by atoms with E-state index >= 15 is 0 Å². The maximum atomic E-state index is 13.1. The van der Waals surface area contributed by atoms with Gasteiger partial charge < -0.3 is 10.6 Å². The minimum Gasteiger partial charge on any atom is -0.383 e. The lowest BCUT2D eigenvalue weighted by atomic mass is 10.1. The van der Waals surface area contributed by atoms with Crippen molar-refractivity contribution >= 4 is 11.6 Å². The highest BCUT2D eigenvalue weighted by molar-refractivity contribution is 5.57. The highest BCUT2D eigenvalue weighted by atomic mass is 19.4. The first-order valence-electron chi connectivity index (χ1n) is 7.92. The number of alkyl halides is 3. The molecule has 2 N–H and O–H groups in total. The van der Waals surface area contributed by atoms with Crippen molar-refractivity contribution in [3.05, 3.63) is 59.7 Å². The molecule has 3 aromatic rings. The number of para-hydroxylation sites is 1. The first kappa shape index (κ1) is 18.2. The second kappa shape index (κ2) is 7.74. The summed E-state index contributed by atoms with van der Waals surface area (Å²) in [6.07, 6.45) is -4.51. The van der Waals surface area contributed by atoms with Crippen molar-refractivity contribution in [1.29, 1.82) is 5.26 Å². The Kier molecular flexibility index (Phi) is 5.21. The molecule has 0 spiro atoms. The van der Waals surface area contributed by atoms with Gasteiger partial charge in [-0.25, -0.2) is 0 Å². The molecule has 27 heavy (non-hydrogen) atoms. The van der Waals surface area contributed by atoms with Crippen LogP contribution in [0.3, 0.4) is 0 Å². The third kappa shape index (κ3) is 4.33. The summed E-state index contributed by atoms with van der Waals surface area (Å²) < 4.78 is 40.7. The number of tetrazole rings is 1. The summed E-state index contributed by atoms with van der Waals surface area (Å²) in [5, 5.41) is 25.9. The number of halogens is 3. The van der Waals surface area contributed by atoms with E-state index < -0.39 is 11.7 Å². The standard InChI is InChI=1S/C17H14F3N7/c18-17(19,20)14-7-6-12(11-21)10-15(14)22-8-9-23-16-24-25-26-27(16)13-4-2-1-3-5-13/h1-7,10,22H,8-9H2,(H,23,24,26). The number of rotatable bonds is 6. The molecule has 0 saturated heterocycles. The molecule has 0 aliphatic rings. The fourth-order valence-electron chi connectivity index (χ4n) is 2.42. The lowest BCUT2D eigenvalue weighted by Crippen LogP contribution is -2.18. The molecule has 1 aromatic heterocycles. The van der Waals surface area contributed by atoms with E-state index in [1.54, 1.807) is 0 Å². The van der Waals surface area contributed by atoms with Crippen LogP contribution in [0.2, 0.25) is 0 Å². The molecule has 0 unspecified atom stereocenters. The fraction of sp³-hybridized carbons (Fsp3) is 0.176. The Labute approximate surface area is 152 Å².